The van der Waals surface area contributed by atoms with E-state index in [1.165, 1.54) is 24.2 Å². The summed E-state index contributed by atoms with van der Waals surface area (Å²) in [5.41, 5.74) is 0. The van der Waals surface area contributed by atoms with Crippen LogP contribution in [0.15, 0.2) is 29.2 Å². The zero-order chi connectivity index (χ0) is 18.1. The minimum atomic E-state index is -3.62. The van der Waals surface area contributed by atoms with Crippen LogP contribution in [0.2, 0.25) is 0 Å². The van der Waals surface area contributed by atoms with Gasteiger partial charge in [-0.25, -0.2) is 13.1 Å². The molecule has 8 nitrogen and oxygen atoms in total. The monoisotopic (exact) mass is 393 g/mol. The Hall–Kier alpha value is -2.04. The second-order valence-corrected chi connectivity index (χ2v) is 9.07. The number of nitrogens with zero attached hydrogens (tertiary/aromatic N) is 4. The van der Waals surface area contributed by atoms with Gasteiger partial charge in [-0.2, -0.15) is 9.61 Å². The molecule has 0 saturated heterocycles. The average molecular weight is 393 g/mol. The number of benzene rings is 1. The highest BCUT2D eigenvalue weighted by Gasteiger charge is 2.18. The van der Waals surface area contributed by atoms with Crippen LogP contribution in [0.5, 0.6) is 5.75 Å². The molecule has 1 saturated carbocycles. The van der Waals surface area contributed by atoms with Crippen molar-refractivity contribution >= 4 is 26.3 Å². The second-order valence-electron chi connectivity index (χ2n) is 6.26. The fourth-order valence-corrected chi connectivity index (χ4v) is 4.86. The van der Waals surface area contributed by atoms with Crippen LogP contribution in [0.4, 0.5) is 0 Å². The maximum Gasteiger partial charge on any atom is 0.240 e. The molecular weight excluding hydrogens is 374 g/mol. The van der Waals surface area contributed by atoms with Gasteiger partial charge in [0.05, 0.1) is 17.5 Å². The van der Waals surface area contributed by atoms with Crippen LogP contribution in [0.1, 0.15) is 36.5 Å². The first kappa shape index (κ1) is 17.4. The van der Waals surface area contributed by atoms with Gasteiger partial charge in [-0.1, -0.05) is 11.3 Å². The molecule has 0 amide bonds. The SMILES string of the molecule is Cc1nnc2sc(CNS(=O)(=O)c3ccc(OC4CCCC4)cc3)nn12. The van der Waals surface area contributed by atoms with Gasteiger partial charge in [0.15, 0.2) is 5.82 Å². The Labute approximate surface area is 155 Å². The molecule has 1 fully saturated rings. The van der Waals surface area contributed by atoms with Crippen molar-refractivity contribution in [2.24, 2.45) is 0 Å². The summed E-state index contributed by atoms with van der Waals surface area (Å²) < 4.78 is 35.0. The molecule has 1 aliphatic carbocycles. The highest BCUT2D eigenvalue weighted by atomic mass is 32.2. The molecule has 4 rings (SSSR count). The second kappa shape index (κ2) is 6.93. The summed E-state index contributed by atoms with van der Waals surface area (Å²) in [5, 5.41) is 12.8. The molecule has 2 aromatic heterocycles. The lowest BCUT2D eigenvalue weighted by Crippen LogP contribution is -2.23. The zero-order valence-electron chi connectivity index (χ0n) is 14.3. The summed E-state index contributed by atoms with van der Waals surface area (Å²) in [6, 6.07) is 6.55. The first-order chi connectivity index (χ1) is 12.5. The first-order valence-electron chi connectivity index (χ1n) is 8.45. The molecule has 0 bridgehead atoms. The Kier molecular flexibility index (Phi) is 4.63. The summed E-state index contributed by atoms with van der Waals surface area (Å²) in [6.07, 6.45) is 4.76. The van der Waals surface area contributed by atoms with Gasteiger partial charge in [-0.05, 0) is 56.9 Å². The van der Waals surface area contributed by atoms with Crippen LogP contribution in [-0.2, 0) is 16.6 Å². The molecule has 0 atom stereocenters. The number of hydrogen-bond donors (Lipinski definition) is 1. The Morgan fingerprint density at radius 1 is 1.23 bits per heavy atom. The Morgan fingerprint density at radius 3 is 2.65 bits per heavy atom. The average Bonchev–Trinajstić information content (AvgIpc) is 3.34. The Morgan fingerprint density at radius 2 is 1.96 bits per heavy atom. The van der Waals surface area contributed by atoms with Crippen LogP contribution in [-0.4, -0.2) is 34.3 Å². The van der Waals surface area contributed by atoms with E-state index in [1.54, 1.807) is 35.7 Å². The molecule has 26 heavy (non-hydrogen) atoms. The summed E-state index contributed by atoms with van der Waals surface area (Å²) in [7, 11) is -3.62. The molecule has 138 valence electrons. The summed E-state index contributed by atoms with van der Waals surface area (Å²) >= 11 is 1.31. The van der Waals surface area contributed by atoms with Crippen molar-refractivity contribution < 1.29 is 13.2 Å². The normalized spacial score (nSPS) is 15.7. The topological polar surface area (TPSA) is 98.5 Å². The Bertz CT molecular complexity index is 1000. The lowest BCUT2D eigenvalue weighted by atomic mass is 10.3. The van der Waals surface area contributed by atoms with Crippen molar-refractivity contribution in [3.8, 4) is 5.75 Å². The third kappa shape index (κ3) is 3.57. The van der Waals surface area contributed by atoms with Crippen LogP contribution < -0.4 is 9.46 Å². The Balaban J connectivity index is 1.42. The van der Waals surface area contributed by atoms with E-state index in [4.69, 9.17) is 4.74 Å². The summed E-state index contributed by atoms with van der Waals surface area (Å²) in [5.74, 6) is 1.38. The van der Waals surface area contributed by atoms with Crippen LogP contribution in [0.25, 0.3) is 4.96 Å². The highest BCUT2D eigenvalue weighted by Crippen LogP contribution is 2.25. The minimum Gasteiger partial charge on any atom is -0.490 e. The third-order valence-electron chi connectivity index (χ3n) is 4.34. The fraction of sp³-hybridized carbons (Fsp3) is 0.438. The van der Waals surface area contributed by atoms with E-state index >= 15 is 0 Å². The molecule has 1 aromatic carbocycles. The standard InChI is InChI=1S/C16H19N5O3S2/c1-11-18-19-16-21(11)20-15(25-16)10-17-26(22,23)14-8-6-13(7-9-14)24-12-4-2-3-5-12/h6-9,12,17H,2-5,10H2,1H3. The van der Waals surface area contributed by atoms with Crippen molar-refractivity contribution in [2.45, 2.75) is 50.2 Å². The predicted molar refractivity (Wildman–Crippen MR) is 96.7 cm³/mol. The van der Waals surface area contributed by atoms with Gasteiger partial charge in [0.2, 0.25) is 15.0 Å². The number of aryl methyl sites for hydroxylation is 1. The molecule has 2 heterocycles. The summed E-state index contributed by atoms with van der Waals surface area (Å²) in [6.45, 7) is 1.90. The maximum atomic E-state index is 12.5. The van der Waals surface area contributed by atoms with Crippen LogP contribution in [0.3, 0.4) is 0 Å². The fourth-order valence-electron chi connectivity index (χ4n) is 2.96. The van der Waals surface area contributed by atoms with E-state index in [9.17, 15) is 8.42 Å². The maximum absolute atomic E-state index is 12.5. The van der Waals surface area contributed by atoms with Gasteiger partial charge < -0.3 is 4.74 Å². The predicted octanol–water partition coefficient (Wildman–Crippen LogP) is 2.29. The molecule has 0 spiro atoms. The lowest BCUT2D eigenvalue weighted by molar-refractivity contribution is 0.210. The number of sulfonamides is 1. The quantitative estimate of drug-likeness (QED) is 0.690. The number of hydrogen-bond acceptors (Lipinski definition) is 7. The van der Waals surface area contributed by atoms with E-state index in [1.807, 2.05) is 0 Å². The molecule has 3 aromatic rings. The van der Waals surface area contributed by atoms with Gasteiger partial charge in [0.1, 0.15) is 10.8 Å². The zero-order valence-corrected chi connectivity index (χ0v) is 15.9. The van der Waals surface area contributed by atoms with Gasteiger partial charge in [0, 0.05) is 0 Å². The van der Waals surface area contributed by atoms with Gasteiger partial charge >= 0.3 is 0 Å². The largest absolute Gasteiger partial charge is 0.490 e. The number of aromatic nitrogens is 4. The molecule has 1 aliphatic rings. The van der Waals surface area contributed by atoms with Crippen LogP contribution in [0, 0.1) is 6.92 Å². The van der Waals surface area contributed by atoms with Crippen LogP contribution >= 0.6 is 11.3 Å². The van der Waals surface area contributed by atoms with E-state index in [-0.39, 0.29) is 17.5 Å². The summed E-state index contributed by atoms with van der Waals surface area (Å²) in [4.78, 5) is 0.848. The molecule has 1 N–H and O–H groups in total. The molecule has 0 aliphatic heterocycles. The van der Waals surface area contributed by atoms with Gasteiger partial charge in [0.25, 0.3) is 0 Å². The highest BCUT2D eigenvalue weighted by molar-refractivity contribution is 7.89. The van der Waals surface area contributed by atoms with Crippen molar-refractivity contribution in [3.05, 3.63) is 35.1 Å². The third-order valence-corrected chi connectivity index (χ3v) is 6.66. The first-order valence-corrected chi connectivity index (χ1v) is 10.8. The van der Waals surface area contributed by atoms with E-state index in [2.05, 4.69) is 20.0 Å². The molecular formula is C16H19N5O3S2. The number of nitrogens with one attached hydrogen (secondary N) is 1. The van der Waals surface area contributed by atoms with Crippen molar-refractivity contribution in [3.63, 3.8) is 0 Å². The van der Waals surface area contributed by atoms with E-state index in [0.717, 1.165) is 12.8 Å². The van der Waals surface area contributed by atoms with Crippen molar-refractivity contribution in [2.75, 3.05) is 0 Å². The van der Waals surface area contributed by atoms with E-state index in [0.29, 0.717) is 21.5 Å². The minimum absolute atomic E-state index is 0.107. The molecule has 0 unspecified atom stereocenters. The number of ether oxygens (including phenoxy) is 1. The number of fused-ring (bicyclic) bond motifs is 1. The van der Waals surface area contributed by atoms with E-state index < -0.39 is 10.0 Å². The van der Waals surface area contributed by atoms with Crippen molar-refractivity contribution in [1.29, 1.82) is 0 Å². The lowest BCUT2D eigenvalue weighted by Gasteiger charge is -2.13. The molecule has 0 radical (unpaired) electrons. The number of rotatable bonds is 6. The van der Waals surface area contributed by atoms with Crippen molar-refractivity contribution in [1.82, 2.24) is 24.5 Å². The van der Waals surface area contributed by atoms with Gasteiger partial charge in [-0.15, -0.1) is 10.2 Å². The molecule has 10 heteroatoms. The van der Waals surface area contributed by atoms with Gasteiger partial charge in [-0.3, -0.25) is 0 Å². The smallest absolute Gasteiger partial charge is 0.240 e.